The molecule has 0 atom stereocenters. The predicted octanol–water partition coefficient (Wildman–Crippen LogP) is 9.49. The number of benzene rings is 5. The maximum absolute atomic E-state index is 6.48. The summed E-state index contributed by atoms with van der Waals surface area (Å²) >= 11 is 0. The third kappa shape index (κ3) is 2.47. The smallest absolute Gasteiger partial charge is 0.165 e. The molecule has 40 heavy (non-hydrogen) atoms. The molecule has 3 aromatic heterocycles. The molecule has 3 heterocycles. The Morgan fingerprint density at radius 3 is 2.20 bits per heavy atom. The van der Waals surface area contributed by atoms with Crippen molar-refractivity contribution in [2.24, 2.45) is 0 Å². The summed E-state index contributed by atoms with van der Waals surface area (Å²) in [5, 5.41) is 7.35. The van der Waals surface area contributed by atoms with Crippen LogP contribution in [0.3, 0.4) is 0 Å². The zero-order valence-electron chi connectivity index (χ0n) is 21.5. The van der Waals surface area contributed by atoms with Gasteiger partial charge in [-0.05, 0) is 71.3 Å². The lowest BCUT2D eigenvalue weighted by Gasteiger charge is -2.16. The Balaban J connectivity index is 1.46. The zero-order chi connectivity index (χ0) is 25.9. The van der Waals surface area contributed by atoms with Crippen LogP contribution in [0.5, 0.6) is 0 Å². The summed E-state index contributed by atoms with van der Waals surface area (Å²) in [4.78, 5) is 10.5. The lowest BCUT2D eigenvalue weighted by Crippen LogP contribution is -2.06. The minimum Gasteiger partial charge on any atom is -0.456 e. The average Bonchev–Trinajstić information content (AvgIpc) is 3.52. The van der Waals surface area contributed by atoms with Crippen LogP contribution < -0.4 is 0 Å². The van der Waals surface area contributed by atoms with Gasteiger partial charge in [0.05, 0.1) is 22.1 Å². The van der Waals surface area contributed by atoms with Crippen molar-refractivity contribution in [3.8, 4) is 16.9 Å². The van der Waals surface area contributed by atoms with Crippen molar-refractivity contribution in [1.29, 1.82) is 0 Å². The Bertz CT molecular complexity index is 2490. The molecular formula is C36H21N3O. The molecule has 2 aliphatic carbocycles. The normalized spacial score (nSPS) is 14.3. The molecule has 0 fully saturated rings. The fraction of sp³-hybridized carbons (Fsp3) is 0.0556. The van der Waals surface area contributed by atoms with Crippen molar-refractivity contribution in [3.63, 3.8) is 0 Å². The van der Waals surface area contributed by atoms with E-state index < -0.39 is 0 Å². The monoisotopic (exact) mass is 511 g/mol. The molecule has 0 aliphatic heterocycles. The van der Waals surface area contributed by atoms with Crippen LogP contribution in [0.1, 0.15) is 18.5 Å². The third-order valence-corrected chi connectivity index (χ3v) is 8.72. The van der Waals surface area contributed by atoms with Gasteiger partial charge in [-0.15, -0.1) is 0 Å². The number of rotatable bonds is 2. The van der Waals surface area contributed by atoms with Gasteiger partial charge in [0.1, 0.15) is 16.9 Å². The highest BCUT2D eigenvalue weighted by Crippen LogP contribution is 2.50. The number of para-hydroxylation sites is 2. The third-order valence-electron chi connectivity index (χ3n) is 8.72. The van der Waals surface area contributed by atoms with Crippen molar-refractivity contribution in [2.75, 3.05) is 0 Å². The molecule has 2 aliphatic rings. The number of nitrogens with zero attached hydrogens (tertiary/aromatic N) is 3. The fourth-order valence-electron chi connectivity index (χ4n) is 7.08. The summed E-state index contributed by atoms with van der Waals surface area (Å²) in [6, 6.07) is 30.1. The second-order valence-corrected chi connectivity index (χ2v) is 10.8. The molecule has 5 aromatic carbocycles. The minimum absolute atomic E-state index is 0.861. The van der Waals surface area contributed by atoms with Gasteiger partial charge < -0.3 is 4.42 Å². The number of fused-ring (bicyclic) bond motifs is 2. The molecular weight excluding hydrogens is 490 g/mol. The van der Waals surface area contributed by atoms with Crippen molar-refractivity contribution >= 4 is 71.1 Å². The number of furan rings is 1. The van der Waals surface area contributed by atoms with Gasteiger partial charge >= 0.3 is 0 Å². The van der Waals surface area contributed by atoms with E-state index in [1.165, 1.54) is 43.4 Å². The van der Waals surface area contributed by atoms with Gasteiger partial charge in [0.2, 0.25) is 0 Å². The highest BCUT2D eigenvalue weighted by molar-refractivity contribution is 6.37. The van der Waals surface area contributed by atoms with Crippen molar-refractivity contribution in [2.45, 2.75) is 12.8 Å². The van der Waals surface area contributed by atoms with Gasteiger partial charge in [0.25, 0.3) is 0 Å². The molecule has 8 aromatic rings. The van der Waals surface area contributed by atoms with Crippen molar-refractivity contribution < 1.29 is 4.42 Å². The molecule has 4 nitrogen and oxygen atoms in total. The Morgan fingerprint density at radius 1 is 0.600 bits per heavy atom. The summed E-state index contributed by atoms with van der Waals surface area (Å²) in [5.41, 5.74) is 10.4. The summed E-state index contributed by atoms with van der Waals surface area (Å²) < 4.78 is 8.81. The van der Waals surface area contributed by atoms with Crippen LogP contribution >= 0.6 is 0 Å². The Morgan fingerprint density at radius 2 is 1.35 bits per heavy atom. The van der Waals surface area contributed by atoms with Gasteiger partial charge in [-0.25, -0.2) is 9.97 Å². The summed E-state index contributed by atoms with van der Waals surface area (Å²) in [5.74, 6) is 0.861. The first-order chi connectivity index (χ1) is 19.8. The number of aromatic nitrogens is 3. The number of hydrogen-bond donors (Lipinski definition) is 0. The number of hydrogen-bond acceptors (Lipinski definition) is 3. The van der Waals surface area contributed by atoms with Crippen LogP contribution in [0, 0.1) is 0 Å². The largest absolute Gasteiger partial charge is 0.456 e. The maximum atomic E-state index is 6.48. The van der Waals surface area contributed by atoms with E-state index in [2.05, 4.69) is 89.5 Å². The minimum atomic E-state index is 0.861. The molecule has 0 spiro atoms. The topological polar surface area (TPSA) is 43.9 Å². The second kappa shape index (κ2) is 7.25. The molecule has 0 amide bonds. The zero-order valence-corrected chi connectivity index (χ0v) is 21.5. The first kappa shape index (κ1) is 20.7. The summed E-state index contributed by atoms with van der Waals surface area (Å²) in [6.45, 7) is 0. The van der Waals surface area contributed by atoms with E-state index in [-0.39, 0.29) is 0 Å². The van der Waals surface area contributed by atoms with E-state index in [1.807, 2.05) is 18.2 Å². The van der Waals surface area contributed by atoms with E-state index in [0.29, 0.717) is 0 Å². The molecule has 0 unspecified atom stereocenters. The van der Waals surface area contributed by atoms with Gasteiger partial charge in [0, 0.05) is 26.9 Å². The number of allylic oxidation sites excluding steroid dienone is 4. The predicted molar refractivity (Wildman–Crippen MR) is 164 cm³/mol. The molecule has 0 saturated heterocycles. The van der Waals surface area contributed by atoms with Crippen molar-refractivity contribution in [1.82, 2.24) is 14.5 Å². The molecule has 0 saturated carbocycles. The van der Waals surface area contributed by atoms with Crippen LogP contribution in [0.2, 0.25) is 0 Å². The molecule has 0 N–H and O–H groups in total. The Kier molecular flexibility index (Phi) is 3.75. The first-order valence-electron chi connectivity index (χ1n) is 13.8. The molecule has 186 valence electrons. The standard InChI is InChI=1S/C36H21N3O/c1-2-8-21(9-3-1)35-36(38-25-14-5-4-13-24(25)37-35)39-26-15-7-12-23-22-11-6-10-20-16-18-28-33(30(20)22)34-29(40-28)19-17-27(39)32(34)31(23)26/h2,4-19H,1,3H2. The van der Waals surface area contributed by atoms with E-state index in [4.69, 9.17) is 14.4 Å². The van der Waals surface area contributed by atoms with Crippen LogP contribution in [0.4, 0.5) is 0 Å². The second-order valence-electron chi connectivity index (χ2n) is 10.8. The van der Waals surface area contributed by atoms with Gasteiger partial charge in [0.15, 0.2) is 5.82 Å². The van der Waals surface area contributed by atoms with Gasteiger partial charge in [-0.2, -0.15) is 0 Å². The quantitative estimate of drug-likeness (QED) is 0.232. The SMILES string of the molecule is C1=CC(c2nc3ccccc3nc2-n2c3cccc4c3c3c5c(ccc32)oc2ccc3cccc-4c3c25)=CCC1. The van der Waals surface area contributed by atoms with Crippen LogP contribution in [0.25, 0.3) is 88.1 Å². The lowest BCUT2D eigenvalue weighted by molar-refractivity contribution is 0.669. The van der Waals surface area contributed by atoms with E-state index in [9.17, 15) is 0 Å². The fourth-order valence-corrected chi connectivity index (χ4v) is 7.08. The van der Waals surface area contributed by atoms with Crippen LogP contribution in [0.15, 0.2) is 108 Å². The lowest BCUT2D eigenvalue weighted by atomic mass is 9.95. The summed E-state index contributed by atoms with van der Waals surface area (Å²) in [6.07, 6.45) is 8.79. The molecule has 0 bridgehead atoms. The van der Waals surface area contributed by atoms with E-state index in [1.54, 1.807) is 0 Å². The Labute approximate surface area is 228 Å². The van der Waals surface area contributed by atoms with E-state index in [0.717, 1.165) is 63.2 Å². The highest BCUT2D eigenvalue weighted by atomic mass is 16.3. The Hall–Kier alpha value is -5.22. The van der Waals surface area contributed by atoms with E-state index >= 15 is 0 Å². The maximum Gasteiger partial charge on any atom is 0.165 e. The first-order valence-corrected chi connectivity index (χ1v) is 13.8. The summed E-state index contributed by atoms with van der Waals surface area (Å²) in [7, 11) is 0. The highest BCUT2D eigenvalue weighted by Gasteiger charge is 2.27. The van der Waals surface area contributed by atoms with Crippen molar-refractivity contribution in [3.05, 3.63) is 109 Å². The van der Waals surface area contributed by atoms with Crippen LogP contribution in [-0.2, 0) is 0 Å². The molecule has 10 rings (SSSR count). The average molecular weight is 512 g/mol. The van der Waals surface area contributed by atoms with Gasteiger partial charge in [-0.1, -0.05) is 66.8 Å². The van der Waals surface area contributed by atoms with Crippen LogP contribution in [-0.4, -0.2) is 14.5 Å². The van der Waals surface area contributed by atoms with Gasteiger partial charge in [-0.3, -0.25) is 4.57 Å². The molecule has 4 heteroatoms. The molecule has 0 radical (unpaired) electrons.